The molecule has 0 bridgehead atoms. The lowest BCUT2D eigenvalue weighted by atomic mass is 10.2. The van der Waals surface area contributed by atoms with E-state index in [1.807, 2.05) is 0 Å². The zero-order valence-electron chi connectivity index (χ0n) is 10.6. The molecule has 7 heteroatoms. The van der Waals surface area contributed by atoms with Crippen molar-refractivity contribution < 1.29 is 23.0 Å². The van der Waals surface area contributed by atoms with Crippen LogP contribution in [-0.4, -0.2) is 11.5 Å². The molecule has 2 aromatic carbocycles. The molecule has 3 nitrogen and oxygen atoms in total. The molecule has 0 saturated carbocycles. The van der Waals surface area contributed by atoms with E-state index in [9.17, 15) is 18.3 Å². The molecule has 0 aliphatic heterocycles. The third-order valence-corrected chi connectivity index (χ3v) is 2.87. The molecule has 0 aliphatic carbocycles. The molecule has 0 spiro atoms. The third kappa shape index (κ3) is 4.27. The molecule has 0 saturated heterocycles. The molecule has 2 N–H and O–H groups in total. The second-order valence-corrected chi connectivity index (χ2v) is 4.53. The quantitative estimate of drug-likeness (QED) is 0.833. The standard InChI is InChI=1S/C14H11ClF3NO2/c15-12-8-9(6-7-11(12)14(16,17)18)19-13(20)21-10-4-2-1-3-5-10/h1-8,13,19-20H. The summed E-state index contributed by atoms with van der Waals surface area (Å²) in [6.45, 7) is 0. The molecular weight excluding hydrogens is 307 g/mol. The van der Waals surface area contributed by atoms with Crippen molar-refractivity contribution in [2.24, 2.45) is 0 Å². The minimum atomic E-state index is -4.52. The molecule has 0 heterocycles. The van der Waals surface area contributed by atoms with Crippen LogP contribution in [0.5, 0.6) is 5.75 Å². The lowest BCUT2D eigenvalue weighted by Gasteiger charge is -2.17. The van der Waals surface area contributed by atoms with Gasteiger partial charge in [0.05, 0.1) is 10.6 Å². The van der Waals surface area contributed by atoms with Crippen LogP contribution in [0.25, 0.3) is 0 Å². The van der Waals surface area contributed by atoms with Crippen molar-refractivity contribution in [3.05, 3.63) is 59.1 Å². The molecular formula is C14H11ClF3NO2. The number of alkyl halides is 3. The van der Waals surface area contributed by atoms with Gasteiger partial charge in [-0.25, -0.2) is 0 Å². The van der Waals surface area contributed by atoms with Gasteiger partial charge < -0.3 is 15.2 Å². The SMILES string of the molecule is OC(Nc1ccc(C(F)(F)F)c(Cl)c1)Oc1ccccc1. The maximum Gasteiger partial charge on any atom is 0.417 e. The van der Waals surface area contributed by atoms with Crippen LogP contribution in [0.2, 0.25) is 5.02 Å². The Kier molecular flexibility index (Phi) is 4.59. The Morgan fingerprint density at radius 3 is 2.33 bits per heavy atom. The number of para-hydroxylation sites is 1. The Morgan fingerprint density at radius 1 is 1.10 bits per heavy atom. The number of aliphatic hydroxyl groups excluding tert-OH is 1. The Bertz CT molecular complexity index is 605. The number of halogens is 4. The van der Waals surface area contributed by atoms with Crippen molar-refractivity contribution in [2.75, 3.05) is 5.32 Å². The number of hydrogen-bond acceptors (Lipinski definition) is 3. The van der Waals surface area contributed by atoms with E-state index in [2.05, 4.69) is 5.32 Å². The van der Waals surface area contributed by atoms with Gasteiger partial charge in [-0.2, -0.15) is 13.2 Å². The summed E-state index contributed by atoms with van der Waals surface area (Å²) in [7, 11) is 0. The average molecular weight is 318 g/mol. The van der Waals surface area contributed by atoms with Gasteiger partial charge in [0, 0.05) is 5.69 Å². The first-order valence-electron chi connectivity index (χ1n) is 5.89. The molecule has 2 rings (SSSR count). The van der Waals surface area contributed by atoms with Gasteiger partial charge in [-0.15, -0.1) is 0 Å². The van der Waals surface area contributed by atoms with Gasteiger partial charge in [0.2, 0.25) is 0 Å². The summed E-state index contributed by atoms with van der Waals surface area (Å²) in [4.78, 5) is 0. The summed E-state index contributed by atoms with van der Waals surface area (Å²) in [5.74, 6) is 0.413. The van der Waals surface area contributed by atoms with Crippen LogP contribution in [0, 0.1) is 0 Å². The van der Waals surface area contributed by atoms with E-state index < -0.39 is 23.2 Å². The minimum Gasteiger partial charge on any atom is -0.447 e. The summed E-state index contributed by atoms with van der Waals surface area (Å²) in [5, 5.41) is 11.7. The molecule has 0 fully saturated rings. The number of aliphatic hydroxyl groups is 1. The maximum atomic E-state index is 12.6. The number of ether oxygens (including phenoxy) is 1. The fourth-order valence-corrected chi connectivity index (χ4v) is 1.92. The summed E-state index contributed by atoms with van der Waals surface area (Å²) < 4.78 is 42.8. The second kappa shape index (κ2) is 6.24. The highest BCUT2D eigenvalue weighted by molar-refractivity contribution is 6.31. The van der Waals surface area contributed by atoms with Gasteiger partial charge in [0.1, 0.15) is 5.75 Å². The average Bonchev–Trinajstić information content (AvgIpc) is 2.38. The van der Waals surface area contributed by atoms with Crippen LogP contribution in [0.1, 0.15) is 5.56 Å². The molecule has 0 aromatic heterocycles. The van der Waals surface area contributed by atoms with Gasteiger partial charge in [-0.3, -0.25) is 0 Å². The van der Waals surface area contributed by atoms with Gasteiger partial charge in [0.15, 0.2) is 0 Å². The Hall–Kier alpha value is -1.92. The fraction of sp³-hybridized carbons (Fsp3) is 0.143. The molecule has 21 heavy (non-hydrogen) atoms. The number of nitrogens with one attached hydrogen (secondary N) is 1. The molecule has 1 unspecified atom stereocenters. The van der Waals surface area contributed by atoms with Crippen LogP contribution in [0.4, 0.5) is 18.9 Å². The van der Waals surface area contributed by atoms with Crippen LogP contribution in [-0.2, 0) is 6.18 Å². The third-order valence-electron chi connectivity index (χ3n) is 2.56. The van der Waals surface area contributed by atoms with E-state index in [1.165, 1.54) is 0 Å². The van der Waals surface area contributed by atoms with Crippen LogP contribution in [0.3, 0.4) is 0 Å². The lowest BCUT2D eigenvalue weighted by molar-refractivity contribution is -0.137. The first-order valence-corrected chi connectivity index (χ1v) is 6.27. The van der Waals surface area contributed by atoms with E-state index in [-0.39, 0.29) is 5.69 Å². The number of benzene rings is 2. The zero-order valence-corrected chi connectivity index (χ0v) is 11.3. The van der Waals surface area contributed by atoms with E-state index >= 15 is 0 Å². The Labute approximate surface area is 123 Å². The predicted molar refractivity (Wildman–Crippen MR) is 73.2 cm³/mol. The number of hydrogen-bond donors (Lipinski definition) is 2. The smallest absolute Gasteiger partial charge is 0.417 e. The molecule has 112 valence electrons. The van der Waals surface area contributed by atoms with E-state index in [0.29, 0.717) is 5.75 Å². The first-order chi connectivity index (χ1) is 9.86. The molecule has 0 amide bonds. The minimum absolute atomic E-state index is 0.205. The normalized spacial score (nSPS) is 12.8. The first kappa shape index (κ1) is 15.5. The van der Waals surface area contributed by atoms with Gasteiger partial charge in [-0.05, 0) is 30.3 Å². The van der Waals surface area contributed by atoms with Gasteiger partial charge >= 0.3 is 6.18 Å². The van der Waals surface area contributed by atoms with Crippen molar-refractivity contribution in [3.8, 4) is 5.75 Å². The Balaban J connectivity index is 2.05. The fourth-order valence-electron chi connectivity index (χ4n) is 1.63. The van der Waals surface area contributed by atoms with Crippen molar-refractivity contribution in [1.82, 2.24) is 0 Å². The van der Waals surface area contributed by atoms with E-state index in [4.69, 9.17) is 16.3 Å². The van der Waals surface area contributed by atoms with E-state index in [1.54, 1.807) is 30.3 Å². The monoisotopic (exact) mass is 317 g/mol. The Morgan fingerprint density at radius 2 is 1.76 bits per heavy atom. The summed E-state index contributed by atoms with van der Waals surface area (Å²) >= 11 is 5.58. The van der Waals surface area contributed by atoms with Crippen LogP contribution < -0.4 is 10.1 Å². The summed E-state index contributed by atoms with van der Waals surface area (Å²) in [6, 6.07) is 11.5. The van der Waals surface area contributed by atoms with Crippen LogP contribution in [0.15, 0.2) is 48.5 Å². The predicted octanol–water partition coefficient (Wildman–Crippen LogP) is 4.13. The second-order valence-electron chi connectivity index (χ2n) is 4.12. The highest BCUT2D eigenvalue weighted by Crippen LogP contribution is 2.35. The van der Waals surface area contributed by atoms with Gasteiger partial charge in [-0.1, -0.05) is 29.8 Å². The molecule has 2 aromatic rings. The summed E-state index contributed by atoms with van der Waals surface area (Å²) in [5.41, 5.74) is -0.732. The number of anilines is 1. The van der Waals surface area contributed by atoms with Crippen LogP contribution >= 0.6 is 11.6 Å². The van der Waals surface area contributed by atoms with Crippen molar-refractivity contribution in [2.45, 2.75) is 12.6 Å². The topological polar surface area (TPSA) is 41.5 Å². The molecule has 0 radical (unpaired) electrons. The van der Waals surface area contributed by atoms with Crippen molar-refractivity contribution in [3.63, 3.8) is 0 Å². The summed E-state index contributed by atoms with van der Waals surface area (Å²) in [6.07, 6.45) is -5.94. The molecule has 1 atom stereocenters. The highest BCUT2D eigenvalue weighted by atomic mass is 35.5. The van der Waals surface area contributed by atoms with Crippen molar-refractivity contribution in [1.29, 1.82) is 0 Å². The zero-order chi connectivity index (χ0) is 15.5. The molecule has 0 aliphatic rings. The van der Waals surface area contributed by atoms with E-state index in [0.717, 1.165) is 18.2 Å². The van der Waals surface area contributed by atoms with Gasteiger partial charge in [0.25, 0.3) is 6.41 Å². The largest absolute Gasteiger partial charge is 0.447 e. The maximum absolute atomic E-state index is 12.6. The number of rotatable bonds is 4. The van der Waals surface area contributed by atoms with Crippen molar-refractivity contribution >= 4 is 17.3 Å². The highest BCUT2D eigenvalue weighted by Gasteiger charge is 2.33. The lowest BCUT2D eigenvalue weighted by Crippen LogP contribution is -2.25.